The molecule has 0 radical (unpaired) electrons. The summed E-state index contributed by atoms with van der Waals surface area (Å²) in [6.07, 6.45) is 4.41. The van der Waals surface area contributed by atoms with E-state index >= 15 is 0 Å². The predicted octanol–water partition coefficient (Wildman–Crippen LogP) is 2.71. The average molecular weight is 281 g/mol. The third kappa shape index (κ3) is 4.91. The van der Waals surface area contributed by atoms with Crippen LogP contribution < -0.4 is 5.32 Å². The smallest absolute Gasteiger partial charge is 0.0729 e. The third-order valence-corrected chi connectivity index (χ3v) is 3.71. The summed E-state index contributed by atoms with van der Waals surface area (Å²) in [7, 11) is 2.03. The molecule has 4 heteroatoms. The molecule has 0 aliphatic heterocycles. The molecule has 4 nitrogen and oxygen atoms in total. The Hall–Kier alpha value is -0.870. The van der Waals surface area contributed by atoms with Crippen LogP contribution in [0.4, 0.5) is 0 Å². The highest BCUT2D eigenvalue weighted by molar-refractivity contribution is 5.12. The van der Waals surface area contributed by atoms with E-state index in [9.17, 15) is 0 Å². The Morgan fingerprint density at radius 3 is 2.55 bits per heavy atom. The van der Waals surface area contributed by atoms with Crippen LogP contribution in [0.25, 0.3) is 0 Å². The molecule has 2 atom stereocenters. The van der Waals surface area contributed by atoms with Crippen LogP contribution in [0.15, 0.2) is 6.07 Å². The number of aromatic nitrogens is 2. The first kappa shape index (κ1) is 17.2. The maximum absolute atomic E-state index is 5.90. The van der Waals surface area contributed by atoms with Gasteiger partial charge in [0.05, 0.1) is 11.8 Å². The SMILES string of the molecule is CCCNC(Cc1cc(CC)nn1C)C(CC)OCC. The molecule has 0 spiro atoms. The molecule has 0 bridgehead atoms. The number of nitrogens with one attached hydrogen (secondary N) is 1. The first-order valence-electron chi connectivity index (χ1n) is 8.02. The molecule has 116 valence electrons. The van der Waals surface area contributed by atoms with Gasteiger partial charge in [-0.1, -0.05) is 20.8 Å². The minimum absolute atomic E-state index is 0.270. The number of rotatable bonds is 10. The summed E-state index contributed by atoms with van der Waals surface area (Å²) in [6.45, 7) is 10.4. The molecule has 1 aromatic rings. The van der Waals surface area contributed by atoms with Crippen molar-refractivity contribution in [2.75, 3.05) is 13.2 Å². The number of hydrogen-bond donors (Lipinski definition) is 1. The molecule has 1 heterocycles. The van der Waals surface area contributed by atoms with E-state index in [0.29, 0.717) is 6.04 Å². The molecule has 1 aromatic heterocycles. The summed E-state index contributed by atoms with van der Waals surface area (Å²) in [5.41, 5.74) is 2.45. The first-order chi connectivity index (χ1) is 9.65. The van der Waals surface area contributed by atoms with Crippen molar-refractivity contribution >= 4 is 0 Å². The Morgan fingerprint density at radius 1 is 1.30 bits per heavy atom. The van der Waals surface area contributed by atoms with E-state index in [0.717, 1.165) is 38.8 Å². The first-order valence-corrected chi connectivity index (χ1v) is 8.02. The fourth-order valence-corrected chi connectivity index (χ4v) is 2.56. The molecular weight excluding hydrogens is 250 g/mol. The topological polar surface area (TPSA) is 39.1 Å². The van der Waals surface area contributed by atoms with Crippen molar-refractivity contribution in [3.8, 4) is 0 Å². The second-order valence-electron chi connectivity index (χ2n) is 5.27. The molecule has 20 heavy (non-hydrogen) atoms. The van der Waals surface area contributed by atoms with Gasteiger partial charge in [0.1, 0.15) is 0 Å². The third-order valence-electron chi connectivity index (χ3n) is 3.71. The van der Waals surface area contributed by atoms with Crippen molar-refractivity contribution in [2.24, 2.45) is 7.05 Å². The molecule has 2 unspecified atom stereocenters. The van der Waals surface area contributed by atoms with Gasteiger partial charge in [-0.05, 0) is 38.8 Å². The summed E-state index contributed by atoms with van der Waals surface area (Å²) in [6, 6.07) is 2.58. The van der Waals surface area contributed by atoms with Crippen molar-refractivity contribution in [1.82, 2.24) is 15.1 Å². The quantitative estimate of drug-likeness (QED) is 0.717. The molecule has 0 aliphatic carbocycles. The van der Waals surface area contributed by atoms with Crippen molar-refractivity contribution in [1.29, 1.82) is 0 Å². The highest BCUT2D eigenvalue weighted by Gasteiger charge is 2.21. The molecule has 0 aliphatic rings. The van der Waals surface area contributed by atoms with Crippen LogP contribution in [0.3, 0.4) is 0 Å². The highest BCUT2D eigenvalue weighted by Crippen LogP contribution is 2.13. The summed E-state index contributed by atoms with van der Waals surface area (Å²) in [5, 5.41) is 8.18. The summed E-state index contributed by atoms with van der Waals surface area (Å²) in [5.74, 6) is 0. The Morgan fingerprint density at radius 2 is 2.05 bits per heavy atom. The lowest BCUT2D eigenvalue weighted by Gasteiger charge is -2.27. The van der Waals surface area contributed by atoms with Crippen molar-refractivity contribution in [3.05, 3.63) is 17.5 Å². The zero-order chi connectivity index (χ0) is 15.0. The van der Waals surface area contributed by atoms with Gasteiger partial charge in [-0.15, -0.1) is 0 Å². The van der Waals surface area contributed by atoms with Gasteiger partial charge in [-0.3, -0.25) is 4.68 Å². The second kappa shape index (κ2) is 9.14. The van der Waals surface area contributed by atoms with Gasteiger partial charge >= 0.3 is 0 Å². The van der Waals surface area contributed by atoms with Gasteiger partial charge in [0.15, 0.2) is 0 Å². The summed E-state index contributed by atoms with van der Waals surface area (Å²) >= 11 is 0. The number of aryl methyl sites for hydroxylation is 2. The van der Waals surface area contributed by atoms with Gasteiger partial charge < -0.3 is 10.1 Å². The van der Waals surface area contributed by atoms with Gasteiger partial charge in [-0.25, -0.2) is 0 Å². The summed E-state index contributed by atoms with van der Waals surface area (Å²) in [4.78, 5) is 0. The molecule has 0 amide bonds. The minimum atomic E-state index is 0.270. The lowest BCUT2D eigenvalue weighted by molar-refractivity contribution is 0.0315. The molecular formula is C16H31N3O. The van der Waals surface area contributed by atoms with Crippen molar-refractivity contribution in [3.63, 3.8) is 0 Å². The number of ether oxygens (including phenoxy) is 1. The molecule has 1 rings (SSSR count). The number of nitrogens with zero attached hydrogens (tertiary/aromatic N) is 2. The predicted molar refractivity (Wildman–Crippen MR) is 84.1 cm³/mol. The van der Waals surface area contributed by atoms with Crippen LogP contribution in [-0.4, -0.2) is 35.1 Å². The van der Waals surface area contributed by atoms with Crippen molar-refractivity contribution < 1.29 is 4.74 Å². The molecule has 0 saturated carbocycles. The molecule has 0 fully saturated rings. The van der Waals surface area contributed by atoms with Crippen LogP contribution in [0.5, 0.6) is 0 Å². The largest absolute Gasteiger partial charge is 0.377 e. The van der Waals surface area contributed by atoms with Crippen LogP contribution in [0.2, 0.25) is 0 Å². The summed E-state index contributed by atoms with van der Waals surface area (Å²) < 4.78 is 7.92. The van der Waals surface area contributed by atoms with E-state index in [2.05, 4.69) is 44.2 Å². The van der Waals surface area contributed by atoms with Gasteiger partial charge in [0, 0.05) is 31.8 Å². The lowest BCUT2D eigenvalue weighted by Crippen LogP contribution is -2.43. The standard InChI is InChI=1S/C16H31N3O/c1-6-10-17-15(16(8-3)20-9-4)12-14-11-13(7-2)18-19(14)5/h11,15-17H,6-10,12H2,1-5H3. The molecule has 1 N–H and O–H groups in total. The zero-order valence-corrected chi connectivity index (χ0v) is 13.8. The van der Waals surface area contributed by atoms with Crippen LogP contribution >= 0.6 is 0 Å². The maximum atomic E-state index is 5.90. The van der Waals surface area contributed by atoms with Crippen LogP contribution in [0, 0.1) is 0 Å². The Bertz CT molecular complexity index is 376. The molecule has 0 saturated heterocycles. The van der Waals surface area contributed by atoms with Gasteiger partial charge in [-0.2, -0.15) is 5.10 Å². The number of hydrogen-bond acceptors (Lipinski definition) is 3. The lowest BCUT2D eigenvalue weighted by atomic mass is 10.0. The fourth-order valence-electron chi connectivity index (χ4n) is 2.56. The maximum Gasteiger partial charge on any atom is 0.0729 e. The van der Waals surface area contributed by atoms with E-state index in [1.54, 1.807) is 0 Å². The Balaban J connectivity index is 2.78. The normalized spacial score (nSPS) is 14.4. The second-order valence-corrected chi connectivity index (χ2v) is 5.27. The zero-order valence-electron chi connectivity index (χ0n) is 13.8. The van der Waals surface area contributed by atoms with E-state index in [1.165, 1.54) is 11.4 Å². The van der Waals surface area contributed by atoms with Crippen molar-refractivity contribution in [2.45, 2.75) is 65.5 Å². The molecule has 0 aromatic carbocycles. The highest BCUT2D eigenvalue weighted by atomic mass is 16.5. The fraction of sp³-hybridized carbons (Fsp3) is 0.812. The average Bonchev–Trinajstić information content (AvgIpc) is 2.81. The van der Waals surface area contributed by atoms with Crippen LogP contribution in [0.1, 0.15) is 51.9 Å². The monoisotopic (exact) mass is 281 g/mol. The van der Waals surface area contributed by atoms with Gasteiger partial charge in [0.25, 0.3) is 0 Å². The van der Waals surface area contributed by atoms with Crippen LogP contribution in [-0.2, 0) is 24.6 Å². The van der Waals surface area contributed by atoms with E-state index in [4.69, 9.17) is 4.74 Å². The Kier molecular flexibility index (Phi) is 7.85. The van der Waals surface area contributed by atoms with Gasteiger partial charge in [0.2, 0.25) is 0 Å². The van der Waals surface area contributed by atoms with E-state index in [-0.39, 0.29) is 6.10 Å². The van der Waals surface area contributed by atoms with E-state index in [1.807, 2.05) is 11.7 Å². The minimum Gasteiger partial charge on any atom is -0.377 e. The Labute approximate surface area is 123 Å². The van der Waals surface area contributed by atoms with E-state index < -0.39 is 0 Å².